The molecule has 1 saturated carbocycles. The van der Waals surface area contributed by atoms with Crippen molar-refractivity contribution in [2.75, 3.05) is 0 Å². The van der Waals surface area contributed by atoms with Crippen molar-refractivity contribution in [3.8, 4) is 0 Å². The highest BCUT2D eigenvalue weighted by molar-refractivity contribution is 5.99. The molecule has 2 atom stereocenters. The summed E-state index contributed by atoms with van der Waals surface area (Å²) in [6.07, 6.45) is 3.86. The monoisotopic (exact) mass is 276 g/mol. The highest BCUT2D eigenvalue weighted by Gasteiger charge is 2.56. The smallest absolute Gasteiger partial charge is 0.246 e. The topological polar surface area (TPSA) is 67.2 Å². The molecule has 2 unspecified atom stereocenters. The zero-order chi connectivity index (χ0) is 14.5. The van der Waals surface area contributed by atoms with Crippen LogP contribution < -0.4 is 5.32 Å². The summed E-state index contributed by atoms with van der Waals surface area (Å²) in [5.74, 6) is 0.204. The molecule has 0 spiro atoms. The first-order valence-corrected chi connectivity index (χ1v) is 7.04. The van der Waals surface area contributed by atoms with Crippen LogP contribution in [-0.2, 0) is 23.2 Å². The standard InChI is InChI=1S/C14H20N4O2/c1-9-12(19)18(8-11-6-7-17(3)16-11)14(2,10-4-5-10)13(20)15-9/h6-7,9-10H,4-5,8H2,1-3H3,(H,15,20). The fourth-order valence-corrected chi connectivity index (χ4v) is 2.99. The Morgan fingerprint density at radius 2 is 2.15 bits per heavy atom. The number of hydrogen-bond acceptors (Lipinski definition) is 3. The minimum absolute atomic E-state index is 0.0235. The Hall–Kier alpha value is -1.85. The van der Waals surface area contributed by atoms with Crippen molar-refractivity contribution < 1.29 is 9.59 Å². The number of aryl methyl sites for hydroxylation is 1. The van der Waals surface area contributed by atoms with Crippen molar-refractivity contribution in [2.24, 2.45) is 13.0 Å². The predicted octanol–water partition coefficient (Wildman–Crippen LogP) is 0.436. The van der Waals surface area contributed by atoms with E-state index in [1.807, 2.05) is 26.2 Å². The summed E-state index contributed by atoms with van der Waals surface area (Å²) in [5.41, 5.74) is 0.0795. The lowest BCUT2D eigenvalue weighted by atomic mass is 9.88. The molecular formula is C14H20N4O2. The zero-order valence-electron chi connectivity index (χ0n) is 12.1. The third-order valence-corrected chi connectivity index (χ3v) is 4.47. The maximum absolute atomic E-state index is 12.5. The Labute approximate surface area is 118 Å². The lowest BCUT2D eigenvalue weighted by molar-refractivity contribution is -0.158. The molecule has 6 nitrogen and oxygen atoms in total. The molecule has 1 aliphatic heterocycles. The number of carbonyl (C=O) groups excluding carboxylic acids is 2. The number of amides is 2. The van der Waals surface area contributed by atoms with Gasteiger partial charge in [-0.05, 0) is 38.7 Å². The van der Waals surface area contributed by atoms with E-state index in [1.54, 1.807) is 16.5 Å². The summed E-state index contributed by atoms with van der Waals surface area (Å²) in [5, 5.41) is 7.13. The van der Waals surface area contributed by atoms with Crippen molar-refractivity contribution in [3.63, 3.8) is 0 Å². The molecule has 0 radical (unpaired) electrons. The molecule has 1 aromatic rings. The van der Waals surface area contributed by atoms with Crippen molar-refractivity contribution in [3.05, 3.63) is 18.0 Å². The van der Waals surface area contributed by atoms with E-state index in [0.717, 1.165) is 18.5 Å². The molecule has 1 aliphatic carbocycles. The van der Waals surface area contributed by atoms with Gasteiger partial charge in [-0.25, -0.2) is 0 Å². The third-order valence-electron chi connectivity index (χ3n) is 4.47. The van der Waals surface area contributed by atoms with Crippen LogP contribution in [0.5, 0.6) is 0 Å². The second kappa shape index (κ2) is 4.33. The molecule has 2 aliphatic rings. The number of piperazine rings is 1. The van der Waals surface area contributed by atoms with Crippen molar-refractivity contribution >= 4 is 11.8 Å². The minimum atomic E-state index is -0.735. The molecule has 1 saturated heterocycles. The first-order valence-electron chi connectivity index (χ1n) is 7.04. The van der Waals surface area contributed by atoms with E-state index in [1.165, 1.54) is 0 Å². The molecule has 6 heteroatoms. The molecule has 2 heterocycles. The van der Waals surface area contributed by atoms with Gasteiger partial charge in [0.1, 0.15) is 11.6 Å². The van der Waals surface area contributed by atoms with Crippen LogP contribution >= 0.6 is 0 Å². The Balaban J connectivity index is 1.93. The fraction of sp³-hybridized carbons (Fsp3) is 0.643. The van der Waals surface area contributed by atoms with Gasteiger partial charge in [-0.15, -0.1) is 0 Å². The van der Waals surface area contributed by atoms with Gasteiger partial charge in [-0.1, -0.05) is 0 Å². The molecule has 1 N–H and O–H groups in total. The fourth-order valence-electron chi connectivity index (χ4n) is 2.99. The van der Waals surface area contributed by atoms with E-state index in [9.17, 15) is 9.59 Å². The molecule has 0 bridgehead atoms. The lowest BCUT2D eigenvalue weighted by Gasteiger charge is -2.45. The SMILES string of the molecule is CC1NC(=O)C(C)(C2CC2)N(Cc2ccn(C)n2)C1=O. The Morgan fingerprint density at radius 1 is 1.45 bits per heavy atom. The summed E-state index contributed by atoms with van der Waals surface area (Å²) in [6.45, 7) is 4.01. The van der Waals surface area contributed by atoms with Gasteiger partial charge in [0.2, 0.25) is 11.8 Å². The van der Waals surface area contributed by atoms with Gasteiger partial charge in [0.25, 0.3) is 0 Å². The molecule has 3 rings (SSSR count). The summed E-state index contributed by atoms with van der Waals surface area (Å²) >= 11 is 0. The number of nitrogens with zero attached hydrogens (tertiary/aromatic N) is 3. The quantitative estimate of drug-likeness (QED) is 0.871. The van der Waals surface area contributed by atoms with Gasteiger partial charge in [-0.2, -0.15) is 5.10 Å². The average molecular weight is 276 g/mol. The largest absolute Gasteiger partial charge is 0.343 e. The summed E-state index contributed by atoms with van der Waals surface area (Å²) in [7, 11) is 1.84. The van der Waals surface area contributed by atoms with E-state index < -0.39 is 11.6 Å². The van der Waals surface area contributed by atoms with Crippen LogP contribution in [0.25, 0.3) is 0 Å². The molecule has 20 heavy (non-hydrogen) atoms. The number of nitrogens with one attached hydrogen (secondary N) is 1. The van der Waals surface area contributed by atoms with Crippen LogP contribution in [0, 0.1) is 5.92 Å². The van der Waals surface area contributed by atoms with Crippen LogP contribution in [-0.4, -0.2) is 38.1 Å². The molecule has 2 amide bonds. The van der Waals surface area contributed by atoms with Gasteiger partial charge >= 0.3 is 0 Å². The molecule has 2 fully saturated rings. The second-order valence-corrected chi connectivity index (χ2v) is 6.02. The van der Waals surface area contributed by atoms with E-state index >= 15 is 0 Å². The summed E-state index contributed by atoms with van der Waals surface area (Å²) < 4.78 is 1.71. The van der Waals surface area contributed by atoms with Crippen LogP contribution in [0.15, 0.2) is 12.3 Å². The van der Waals surface area contributed by atoms with Gasteiger partial charge in [0.05, 0.1) is 12.2 Å². The first-order chi connectivity index (χ1) is 9.42. The molecular weight excluding hydrogens is 256 g/mol. The number of hydrogen-bond donors (Lipinski definition) is 1. The second-order valence-electron chi connectivity index (χ2n) is 6.02. The highest BCUT2D eigenvalue weighted by Crippen LogP contribution is 2.45. The number of carbonyl (C=O) groups is 2. The van der Waals surface area contributed by atoms with Crippen LogP contribution in [0.1, 0.15) is 32.4 Å². The number of rotatable bonds is 3. The van der Waals surface area contributed by atoms with Crippen molar-refractivity contribution in [1.29, 1.82) is 0 Å². The van der Waals surface area contributed by atoms with Gasteiger partial charge in [0, 0.05) is 13.2 Å². The van der Waals surface area contributed by atoms with Gasteiger partial charge in [-0.3, -0.25) is 14.3 Å². The molecule has 0 aromatic carbocycles. The van der Waals surface area contributed by atoms with Crippen LogP contribution in [0.3, 0.4) is 0 Å². The highest BCUT2D eigenvalue weighted by atomic mass is 16.2. The summed E-state index contributed by atoms with van der Waals surface area (Å²) in [4.78, 5) is 26.7. The molecule has 1 aromatic heterocycles. The average Bonchev–Trinajstić information content (AvgIpc) is 3.17. The maximum atomic E-state index is 12.5. The first kappa shape index (κ1) is 13.1. The Bertz CT molecular complexity index is 563. The van der Waals surface area contributed by atoms with Gasteiger partial charge < -0.3 is 10.2 Å². The third kappa shape index (κ3) is 1.90. The Kier molecular flexibility index (Phi) is 2.84. The van der Waals surface area contributed by atoms with Gasteiger partial charge in [0.15, 0.2) is 0 Å². The summed E-state index contributed by atoms with van der Waals surface area (Å²) in [6, 6.07) is 1.43. The number of aromatic nitrogens is 2. The van der Waals surface area contributed by atoms with E-state index in [2.05, 4.69) is 10.4 Å². The van der Waals surface area contributed by atoms with Crippen molar-refractivity contribution in [2.45, 2.75) is 44.8 Å². The van der Waals surface area contributed by atoms with E-state index in [0.29, 0.717) is 6.54 Å². The van der Waals surface area contributed by atoms with Crippen LogP contribution in [0.4, 0.5) is 0 Å². The van der Waals surface area contributed by atoms with E-state index in [4.69, 9.17) is 0 Å². The Morgan fingerprint density at radius 3 is 2.70 bits per heavy atom. The van der Waals surface area contributed by atoms with Crippen LogP contribution in [0.2, 0.25) is 0 Å². The zero-order valence-corrected chi connectivity index (χ0v) is 12.1. The van der Waals surface area contributed by atoms with E-state index in [-0.39, 0.29) is 17.7 Å². The molecule has 108 valence electrons. The minimum Gasteiger partial charge on any atom is -0.343 e. The lowest BCUT2D eigenvalue weighted by Crippen LogP contribution is -2.69. The predicted molar refractivity (Wildman–Crippen MR) is 72.5 cm³/mol. The maximum Gasteiger partial charge on any atom is 0.246 e. The normalized spacial score (nSPS) is 30.6. The van der Waals surface area contributed by atoms with Crippen molar-refractivity contribution in [1.82, 2.24) is 20.0 Å².